The third kappa shape index (κ3) is 3.92. The number of carboxylic acids is 1. The Hall–Kier alpha value is -3.81. The molecule has 0 amide bonds. The number of hydrogen-bond donors (Lipinski definition) is 2. The van der Waals surface area contributed by atoms with Crippen molar-refractivity contribution >= 4 is 22.9 Å². The molecule has 2 aromatic carbocycles. The highest BCUT2D eigenvalue weighted by atomic mass is 16.5. The molecule has 8 heteroatoms. The van der Waals surface area contributed by atoms with Crippen LogP contribution < -0.4 is 18.9 Å². The Labute approximate surface area is 192 Å². The van der Waals surface area contributed by atoms with Gasteiger partial charge in [-0.15, -0.1) is 0 Å². The second-order valence-corrected chi connectivity index (χ2v) is 7.50. The van der Waals surface area contributed by atoms with Gasteiger partial charge in [0.1, 0.15) is 0 Å². The number of aryl methyl sites for hydroxylation is 2. The van der Waals surface area contributed by atoms with E-state index in [9.17, 15) is 15.0 Å². The minimum Gasteiger partial charge on any atom is -0.503 e. The summed E-state index contributed by atoms with van der Waals surface area (Å²) in [6, 6.07) is 5.35. The summed E-state index contributed by atoms with van der Waals surface area (Å²) in [7, 11) is 6.11. The average molecular weight is 456 g/mol. The minimum absolute atomic E-state index is 0.0127. The molecule has 0 saturated carbocycles. The first-order chi connectivity index (χ1) is 15.7. The average Bonchev–Trinajstić information content (AvgIpc) is 3.12. The van der Waals surface area contributed by atoms with Gasteiger partial charge in [0.05, 0.1) is 39.6 Å². The second kappa shape index (κ2) is 9.36. The number of carbonyl (C=O) groups is 1. The van der Waals surface area contributed by atoms with Gasteiger partial charge in [0.2, 0.25) is 5.75 Å². The Morgan fingerprint density at radius 2 is 1.58 bits per heavy atom. The van der Waals surface area contributed by atoms with Gasteiger partial charge in [-0.05, 0) is 56.2 Å². The first-order valence-corrected chi connectivity index (χ1v) is 10.4. The van der Waals surface area contributed by atoms with Crippen LogP contribution in [0.4, 0.5) is 0 Å². The van der Waals surface area contributed by atoms with Crippen LogP contribution in [0.25, 0.3) is 28.2 Å². The molecule has 8 nitrogen and oxygen atoms in total. The van der Waals surface area contributed by atoms with E-state index < -0.39 is 5.97 Å². The fraction of sp³-hybridized carbons (Fsp3) is 0.320. The fourth-order valence-corrected chi connectivity index (χ4v) is 4.21. The Kier molecular flexibility index (Phi) is 6.76. The normalized spacial score (nSPS) is 11.5. The molecule has 2 N–H and O–H groups in total. The van der Waals surface area contributed by atoms with Gasteiger partial charge < -0.3 is 33.7 Å². The maximum absolute atomic E-state index is 11.5. The third-order valence-electron chi connectivity index (χ3n) is 5.72. The number of fused-ring (bicyclic) bond motifs is 1. The predicted molar refractivity (Wildman–Crippen MR) is 127 cm³/mol. The summed E-state index contributed by atoms with van der Waals surface area (Å²) in [5.74, 6) is 0.709. The molecule has 0 fully saturated rings. The molecule has 0 saturated heterocycles. The van der Waals surface area contributed by atoms with Crippen molar-refractivity contribution in [3.8, 4) is 40.0 Å². The van der Waals surface area contributed by atoms with Crippen LogP contribution in [0, 0.1) is 6.92 Å². The number of methoxy groups -OCH3 is 4. The minimum atomic E-state index is -1.02. The number of ether oxygens (including phenoxy) is 4. The van der Waals surface area contributed by atoms with Crippen molar-refractivity contribution in [1.29, 1.82) is 0 Å². The summed E-state index contributed by atoms with van der Waals surface area (Å²) < 4.78 is 23.9. The Morgan fingerprint density at radius 3 is 2.03 bits per heavy atom. The van der Waals surface area contributed by atoms with Crippen molar-refractivity contribution in [2.45, 2.75) is 27.3 Å². The van der Waals surface area contributed by atoms with Crippen LogP contribution in [0.3, 0.4) is 0 Å². The van der Waals surface area contributed by atoms with Crippen LogP contribution in [0.15, 0.2) is 23.8 Å². The van der Waals surface area contributed by atoms with Crippen molar-refractivity contribution in [3.05, 3.63) is 34.9 Å². The lowest BCUT2D eigenvalue weighted by Gasteiger charge is -2.16. The number of hydrogen-bond acceptors (Lipinski definition) is 6. The van der Waals surface area contributed by atoms with E-state index in [0.717, 1.165) is 22.2 Å². The Morgan fingerprint density at radius 1 is 1.00 bits per heavy atom. The maximum atomic E-state index is 11.5. The summed E-state index contributed by atoms with van der Waals surface area (Å²) in [6.07, 6.45) is 1.58. The highest BCUT2D eigenvalue weighted by molar-refractivity contribution is 6.04. The van der Waals surface area contributed by atoms with E-state index in [4.69, 9.17) is 18.9 Å². The van der Waals surface area contributed by atoms with E-state index in [1.165, 1.54) is 14.0 Å². The molecule has 0 bridgehead atoms. The molecule has 0 aliphatic heterocycles. The summed E-state index contributed by atoms with van der Waals surface area (Å²) in [4.78, 5) is 11.5. The third-order valence-corrected chi connectivity index (χ3v) is 5.72. The molecule has 0 radical (unpaired) electrons. The molecule has 3 aromatic rings. The molecular weight excluding hydrogens is 426 g/mol. The first kappa shape index (κ1) is 23.8. The van der Waals surface area contributed by atoms with E-state index in [0.29, 0.717) is 34.9 Å². The molecule has 33 heavy (non-hydrogen) atoms. The molecule has 0 aliphatic carbocycles. The number of benzene rings is 2. The highest BCUT2D eigenvalue weighted by Crippen LogP contribution is 2.47. The number of aromatic nitrogens is 1. The number of aliphatic carboxylic acids is 1. The van der Waals surface area contributed by atoms with Crippen molar-refractivity contribution in [1.82, 2.24) is 4.57 Å². The summed E-state index contributed by atoms with van der Waals surface area (Å²) in [5, 5.41) is 21.2. The van der Waals surface area contributed by atoms with Crippen LogP contribution in [0.5, 0.6) is 28.7 Å². The lowest BCUT2D eigenvalue weighted by molar-refractivity contribution is -0.132. The zero-order valence-corrected chi connectivity index (χ0v) is 19.9. The lowest BCUT2D eigenvalue weighted by Crippen LogP contribution is -2.00. The number of carboxylic acid groups (broad SMARTS) is 1. The van der Waals surface area contributed by atoms with Crippen LogP contribution in [0.2, 0.25) is 0 Å². The van der Waals surface area contributed by atoms with Gasteiger partial charge in [-0.25, -0.2) is 4.79 Å². The van der Waals surface area contributed by atoms with Crippen molar-refractivity contribution in [3.63, 3.8) is 0 Å². The maximum Gasteiger partial charge on any atom is 0.331 e. The summed E-state index contributed by atoms with van der Waals surface area (Å²) >= 11 is 0. The number of phenols is 1. The van der Waals surface area contributed by atoms with Gasteiger partial charge in [-0.1, -0.05) is 0 Å². The van der Waals surface area contributed by atoms with E-state index in [1.807, 2.05) is 30.5 Å². The predicted octanol–water partition coefficient (Wildman–Crippen LogP) is 4.86. The molecular formula is C25H29NO7. The highest BCUT2D eigenvalue weighted by Gasteiger charge is 2.25. The molecule has 1 heterocycles. The lowest BCUT2D eigenvalue weighted by atomic mass is 10.00. The van der Waals surface area contributed by atoms with Crippen LogP contribution in [-0.4, -0.2) is 49.2 Å². The van der Waals surface area contributed by atoms with Gasteiger partial charge in [-0.2, -0.15) is 0 Å². The SMILES string of the molecule is CCn1c(-c2cc(OC)c(OC)c(OC)c2)c(C)c2c(/C=C(\C)C(=O)O)cc(OC)c(O)c21. The molecule has 0 atom stereocenters. The molecule has 176 valence electrons. The monoisotopic (exact) mass is 455 g/mol. The summed E-state index contributed by atoms with van der Waals surface area (Å²) in [6.45, 7) is 5.97. The zero-order chi connectivity index (χ0) is 24.4. The van der Waals surface area contributed by atoms with Crippen molar-refractivity contribution < 1.29 is 34.0 Å². The largest absolute Gasteiger partial charge is 0.503 e. The Balaban J connectivity index is 2.49. The molecule has 0 spiro atoms. The van der Waals surface area contributed by atoms with E-state index in [2.05, 4.69) is 0 Å². The van der Waals surface area contributed by atoms with E-state index >= 15 is 0 Å². The van der Waals surface area contributed by atoms with E-state index in [1.54, 1.807) is 33.5 Å². The van der Waals surface area contributed by atoms with Gasteiger partial charge >= 0.3 is 5.97 Å². The molecule has 1 aromatic heterocycles. The standard InChI is InChI=1S/C25H29NO7/c1-8-26-21(16-11-18(31-5)24(33-7)19(12-16)32-6)14(3)20-15(9-13(2)25(28)29)10-17(30-4)23(27)22(20)26/h9-12,27H,8H2,1-7H3,(H,28,29)/b13-9+. The zero-order valence-electron chi connectivity index (χ0n) is 19.9. The fourth-order valence-electron chi connectivity index (χ4n) is 4.21. The smallest absolute Gasteiger partial charge is 0.331 e. The van der Waals surface area contributed by atoms with Gasteiger partial charge in [0.15, 0.2) is 23.0 Å². The number of phenolic OH excluding ortho intramolecular Hbond substituents is 1. The second-order valence-electron chi connectivity index (χ2n) is 7.50. The molecule has 3 rings (SSSR count). The van der Waals surface area contributed by atoms with Crippen molar-refractivity contribution in [2.75, 3.05) is 28.4 Å². The quantitative estimate of drug-likeness (QED) is 0.468. The number of aromatic hydroxyl groups is 1. The van der Waals surface area contributed by atoms with Crippen LogP contribution in [-0.2, 0) is 11.3 Å². The van der Waals surface area contributed by atoms with E-state index in [-0.39, 0.29) is 17.1 Å². The first-order valence-electron chi connectivity index (χ1n) is 10.4. The summed E-state index contributed by atoms with van der Waals surface area (Å²) in [5.41, 5.74) is 3.85. The molecule has 0 aliphatic rings. The Bertz CT molecular complexity index is 1230. The van der Waals surface area contributed by atoms with Crippen LogP contribution >= 0.6 is 0 Å². The van der Waals surface area contributed by atoms with Gasteiger partial charge in [-0.3, -0.25) is 0 Å². The molecule has 0 unspecified atom stereocenters. The topological polar surface area (TPSA) is 99.4 Å². The van der Waals surface area contributed by atoms with Gasteiger partial charge in [0.25, 0.3) is 0 Å². The van der Waals surface area contributed by atoms with Gasteiger partial charge in [0, 0.05) is 23.1 Å². The number of rotatable bonds is 8. The number of nitrogens with zero attached hydrogens (tertiary/aromatic N) is 1. The van der Waals surface area contributed by atoms with Crippen LogP contribution in [0.1, 0.15) is 25.0 Å². The van der Waals surface area contributed by atoms with Crippen molar-refractivity contribution in [2.24, 2.45) is 0 Å².